The van der Waals surface area contributed by atoms with Gasteiger partial charge in [-0.3, -0.25) is 4.79 Å². The largest absolute Gasteiger partial charge is 0.484 e. The lowest BCUT2D eigenvalue weighted by molar-refractivity contribution is -0.118. The van der Waals surface area contributed by atoms with Gasteiger partial charge in [0.15, 0.2) is 17.8 Å². The van der Waals surface area contributed by atoms with Crippen LogP contribution < -0.4 is 10.1 Å². The number of rotatable bonds is 5. The lowest BCUT2D eigenvalue weighted by Gasteiger charge is -2.09. The Balaban J connectivity index is 1.27. The zero-order valence-electron chi connectivity index (χ0n) is 15.9. The normalized spacial score (nSPS) is 10.9. The predicted molar refractivity (Wildman–Crippen MR) is 115 cm³/mol. The zero-order valence-corrected chi connectivity index (χ0v) is 15.9. The van der Waals surface area contributed by atoms with E-state index in [1.165, 1.54) is 0 Å². The maximum atomic E-state index is 12.4. The number of hydrogen-bond acceptors (Lipinski definition) is 5. The van der Waals surface area contributed by atoms with Crippen molar-refractivity contribution in [2.75, 3.05) is 11.9 Å². The first kappa shape index (κ1) is 17.9. The number of nitrogens with zero attached hydrogens (tertiary/aromatic N) is 2. The fraction of sp³-hybridized carbons (Fsp3) is 0.0417. The number of carbonyl (C=O) groups excluding carboxylic acids is 1. The Hall–Kier alpha value is -4.19. The molecule has 1 amide bonds. The molecule has 2 aromatic heterocycles. The van der Waals surface area contributed by atoms with E-state index in [0.29, 0.717) is 28.6 Å². The number of ether oxygens (including phenoxy) is 1. The standard InChI is InChI=1S/C24H17N3O3/c28-22(15-29-20-11-10-16-5-1-2-6-17(16)14-20)26-19-8-3-7-18(13-19)24-27-23-21(30-24)9-4-12-25-23/h1-14H,15H2,(H,26,28). The third-order valence-electron chi connectivity index (χ3n) is 4.65. The molecule has 5 rings (SSSR count). The van der Waals surface area contributed by atoms with Crippen LogP contribution in [0, 0.1) is 0 Å². The molecule has 0 spiro atoms. The van der Waals surface area contributed by atoms with Gasteiger partial charge in [0.2, 0.25) is 5.89 Å². The predicted octanol–water partition coefficient (Wildman–Crippen LogP) is 5.06. The zero-order chi connectivity index (χ0) is 20.3. The van der Waals surface area contributed by atoms with Gasteiger partial charge in [-0.1, -0.05) is 36.4 Å². The van der Waals surface area contributed by atoms with Crippen molar-refractivity contribution in [1.82, 2.24) is 9.97 Å². The Morgan fingerprint density at radius 3 is 2.73 bits per heavy atom. The highest BCUT2D eigenvalue weighted by atomic mass is 16.5. The van der Waals surface area contributed by atoms with Crippen molar-refractivity contribution in [3.8, 4) is 17.2 Å². The summed E-state index contributed by atoms with van der Waals surface area (Å²) in [4.78, 5) is 20.9. The Labute approximate surface area is 172 Å². The molecule has 0 bridgehead atoms. The Morgan fingerprint density at radius 1 is 0.933 bits per heavy atom. The van der Waals surface area contributed by atoms with Crippen LogP contribution in [-0.4, -0.2) is 22.5 Å². The van der Waals surface area contributed by atoms with E-state index in [9.17, 15) is 4.79 Å². The minimum absolute atomic E-state index is 0.0879. The van der Waals surface area contributed by atoms with E-state index in [4.69, 9.17) is 9.15 Å². The molecule has 3 aromatic carbocycles. The van der Waals surface area contributed by atoms with Gasteiger partial charge in [-0.25, -0.2) is 4.98 Å². The van der Waals surface area contributed by atoms with E-state index in [0.717, 1.165) is 16.3 Å². The molecule has 2 heterocycles. The highest BCUT2D eigenvalue weighted by Crippen LogP contribution is 2.25. The van der Waals surface area contributed by atoms with Gasteiger partial charge in [0.05, 0.1) is 0 Å². The number of oxazole rings is 1. The van der Waals surface area contributed by atoms with Crippen molar-refractivity contribution in [2.24, 2.45) is 0 Å². The van der Waals surface area contributed by atoms with Crippen LogP contribution in [0.3, 0.4) is 0 Å². The van der Waals surface area contributed by atoms with Crippen LogP contribution >= 0.6 is 0 Å². The summed E-state index contributed by atoms with van der Waals surface area (Å²) in [5.74, 6) is 0.850. The molecule has 30 heavy (non-hydrogen) atoms. The summed E-state index contributed by atoms with van der Waals surface area (Å²) in [6, 6.07) is 24.7. The van der Waals surface area contributed by atoms with Crippen molar-refractivity contribution >= 4 is 33.6 Å². The lowest BCUT2D eigenvalue weighted by Crippen LogP contribution is -2.20. The molecular weight excluding hydrogens is 378 g/mol. The van der Waals surface area contributed by atoms with E-state index in [-0.39, 0.29) is 12.5 Å². The Morgan fingerprint density at radius 2 is 1.83 bits per heavy atom. The average molecular weight is 395 g/mol. The monoisotopic (exact) mass is 395 g/mol. The summed E-state index contributed by atoms with van der Waals surface area (Å²) in [5, 5.41) is 5.04. The third-order valence-corrected chi connectivity index (χ3v) is 4.65. The van der Waals surface area contributed by atoms with Crippen molar-refractivity contribution in [2.45, 2.75) is 0 Å². The lowest BCUT2D eigenvalue weighted by atomic mass is 10.1. The van der Waals surface area contributed by atoms with E-state index >= 15 is 0 Å². The van der Waals surface area contributed by atoms with Crippen molar-refractivity contribution < 1.29 is 13.9 Å². The van der Waals surface area contributed by atoms with Gasteiger partial charge in [-0.15, -0.1) is 0 Å². The number of aromatic nitrogens is 2. The Bertz CT molecular complexity index is 1330. The van der Waals surface area contributed by atoms with E-state index in [1.807, 2.05) is 60.7 Å². The van der Waals surface area contributed by atoms with Crippen LogP contribution in [0.15, 0.2) is 89.5 Å². The van der Waals surface area contributed by atoms with Gasteiger partial charge in [0.25, 0.3) is 5.91 Å². The molecular formula is C24H17N3O3. The maximum absolute atomic E-state index is 12.4. The molecule has 0 unspecified atom stereocenters. The van der Waals surface area contributed by atoms with Crippen LogP contribution in [0.5, 0.6) is 5.75 Å². The van der Waals surface area contributed by atoms with Crippen LogP contribution in [0.4, 0.5) is 5.69 Å². The van der Waals surface area contributed by atoms with Crippen molar-refractivity contribution in [1.29, 1.82) is 0 Å². The highest BCUT2D eigenvalue weighted by Gasteiger charge is 2.10. The number of hydrogen-bond donors (Lipinski definition) is 1. The Kier molecular flexibility index (Phi) is 4.57. The molecule has 0 aliphatic rings. The van der Waals surface area contributed by atoms with Crippen LogP contribution in [-0.2, 0) is 4.79 Å². The molecule has 146 valence electrons. The van der Waals surface area contributed by atoms with E-state index in [1.54, 1.807) is 24.4 Å². The number of anilines is 1. The second-order valence-corrected chi connectivity index (χ2v) is 6.77. The minimum atomic E-state index is -0.250. The topological polar surface area (TPSA) is 77.2 Å². The second kappa shape index (κ2) is 7.67. The van der Waals surface area contributed by atoms with Gasteiger partial charge in [0, 0.05) is 17.4 Å². The summed E-state index contributed by atoms with van der Waals surface area (Å²) in [6.07, 6.45) is 1.67. The first-order valence-corrected chi connectivity index (χ1v) is 9.48. The number of amides is 1. The molecule has 5 aromatic rings. The summed E-state index contributed by atoms with van der Waals surface area (Å²) in [6.45, 7) is -0.0879. The molecule has 0 aliphatic carbocycles. The van der Waals surface area contributed by atoms with Crippen molar-refractivity contribution in [3.05, 3.63) is 85.1 Å². The minimum Gasteiger partial charge on any atom is -0.484 e. The van der Waals surface area contributed by atoms with Crippen molar-refractivity contribution in [3.63, 3.8) is 0 Å². The highest BCUT2D eigenvalue weighted by molar-refractivity contribution is 5.92. The molecule has 0 fully saturated rings. The van der Waals surface area contributed by atoms with E-state index < -0.39 is 0 Å². The first-order chi connectivity index (χ1) is 14.7. The molecule has 0 aliphatic heterocycles. The van der Waals surface area contributed by atoms with Crippen LogP contribution in [0.2, 0.25) is 0 Å². The molecule has 0 saturated heterocycles. The number of nitrogens with one attached hydrogen (secondary N) is 1. The summed E-state index contributed by atoms with van der Waals surface area (Å²) in [5.41, 5.74) is 2.55. The third kappa shape index (κ3) is 3.71. The number of fused-ring (bicyclic) bond motifs is 2. The fourth-order valence-corrected chi connectivity index (χ4v) is 3.23. The van der Waals surface area contributed by atoms with Gasteiger partial charge in [0.1, 0.15) is 5.75 Å². The van der Waals surface area contributed by atoms with Gasteiger partial charge in [-0.2, -0.15) is 4.98 Å². The number of pyridine rings is 1. The van der Waals surface area contributed by atoms with E-state index in [2.05, 4.69) is 15.3 Å². The molecule has 0 radical (unpaired) electrons. The quantitative estimate of drug-likeness (QED) is 0.450. The number of benzene rings is 3. The molecule has 6 heteroatoms. The SMILES string of the molecule is O=C(COc1ccc2ccccc2c1)Nc1cccc(-c2nc3ncccc3o2)c1. The average Bonchev–Trinajstić information content (AvgIpc) is 3.22. The van der Waals surface area contributed by atoms with Gasteiger partial charge >= 0.3 is 0 Å². The number of carbonyl (C=O) groups is 1. The van der Waals surface area contributed by atoms with Crippen LogP contribution in [0.1, 0.15) is 0 Å². The molecule has 1 N–H and O–H groups in total. The summed E-state index contributed by atoms with van der Waals surface area (Å²) in [7, 11) is 0. The fourth-order valence-electron chi connectivity index (χ4n) is 3.23. The summed E-state index contributed by atoms with van der Waals surface area (Å²) >= 11 is 0. The smallest absolute Gasteiger partial charge is 0.262 e. The van der Waals surface area contributed by atoms with Crippen LogP contribution in [0.25, 0.3) is 33.5 Å². The molecule has 0 atom stereocenters. The summed E-state index contributed by atoms with van der Waals surface area (Å²) < 4.78 is 11.4. The maximum Gasteiger partial charge on any atom is 0.262 e. The first-order valence-electron chi connectivity index (χ1n) is 9.48. The second-order valence-electron chi connectivity index (χ2n) is 6.77. The molecule has 6 nitrogen and oxygen atoms in total. The molecule has 0 saturated carbocycles. The van der Waals surface area contributed by atoms with Gasteiger partial charge in [-0.05, 0) is 53.2 Å². The van der Waals surface area contributed by atoms with Gasteiger partial charge < -0.3 is 14.5 Å².